The van der Waals surface area contributed by atoms with Crippen LogP contribution in [0.1, 0.15) is 26.7 Å². The molecule has 0 amide bonds. The van der Waals surface area contributed by atoms with E-state index >= 15 is 0 Å². The lowest BCUT2D eigenvalue weighted by Gasteiger charge is -1.99. The first-order chi connectivity index (χ1) is 4.31. The summed E-state index contributed by atoms with van der Waals surface area (Å²) in [6, 6.07) is 0. The third kappa shape index (κ3) is 5.28. The van der Waals surface area contributed by atoms with Crippen molar-refractivity contribution in [1.29, 1.82) is 0 Å². The minimum absolute atomic E-state index is 0.556. The van der Waals surface area contributed by atoms with Crippen molar-refractivity contribution in [1.82, 2.24) is 0 Å². The van der Waals surface area contributed by atoms with Gasteiger partial charge in [0.2, 0.25) is 0 Å². The summed E-state index contributed by atoms with van der Waals surface area (Å²) in [5.74, 6) is 0.556. The summed E-state index contributed by atoms with van der Waals surface area (Å²) in [4.78, 5) is 9.83. The molecule has 0 radical (unpaired) electrons. The lowest BCUT2D eigenvalue weighted by molar-refractivity contribution is -0.104. The first-order valence-electron chi connectivity index (χ1n) is 3.43. The van der Waals surface area contributed by atoms with Crippen LogP contribution >= 0.6 is 0 Å². The number of hydrogen-bond donors (Lipinski definition) is 0. The van der Waals surface area contributed by atoms with E-state index in [4.69, 9.17) is 0 Å². The van der Waals surface area contributed by atoms with Crippen LogP contribution in [0.4, 0.5) is 0 Å². The molecule has 0 N–H and O–H groups in total. The van der Waals surface area contributed by atoms with Crippen molar-refractivity contribution < 1.29 is 4.79 Å². The molecule has 0 fully saturated rings. The van der Waals surface area contributed by atoms with Gasteiger partial charge in [-0.15, -0.1) is 0 Å². The van der Waals surface area contributed by atoms with E-state index in [9.17, 15) is 4.79 Å². The Bertz CT molecular complexity index is 94.7. The number of aldehydes is 1. The molecule has 0 heterocycles. The van der Waals surface area contributed by atoms with Crippen LogP contribution in [-0.2, 0) is 4.79 Å². The standard InChI is InChI=1S/C8H14O/c1-3-5-8(2)6-4-7-9/h4,6-8H,3,5H2,1-2H3. The molecule has 0 aliphatic carbocycles. The zero-order valence-corrected chi connectivity index (χ0v) is 6.13. The van der Waals surface area contributed by atoms with Crippen LogP contribution < -0.4 is 0 Å². The third-order valence-electron chi connectivity index (χ3n) is 1.26. The maximum atomic E-state index is 9.83. The van der Waals surface area contributed by atoms with E-state index in [0.717, 1.165) is 6.29 Å². The summed E-state index contributed by atoms with van der Waals surface area (Å²) in [5, 5.41) is 0. The molecule has 1 unspecified atom stereocenters. The van der Waals surface area contributed by atoms with E-state index in [1.165, 1.54) is 12.8 Å². The Morgan fingerprint density at radius 2 is 2.22 bits per heavy atom. The third-order valence-corrected chi connectivity index (χ3v) is 1.26. The van der Waals surface area contributed by atoms with Crippen molar-refractivity contribution in [2.75, 3.05) is 0 Å². The van der Waals surface area contributed by atoms with Crippen LogP contribution in [0.15, 0.2) is 12.2 Å². The van der Waals surface area contributed by atoms with E-state index in [1.54, 1.807) is 6.08 Å². The molecule has 0 rings (SSSR count). The molecule has 52 valence electrons. The number of carbonyl (C=O) groups is 1. The van der Waals surface area contributed by atoms with Gasteiger partial charge in [0.15, 0.2) is 0 Å². The lowest BCUT2D eigenvalue weighted by atomic mass is 10.1. The molecule has 0 aromatic rings. The smallest absolute Gasteiger partial charge is 0.142 e. The van der Waals surface area contributed by atoms with Crippen LogP contribution in [0.5, 0.6) is 0 Å². The topological polar surface area (TPSA) is 17.1 Å². The Kier molecular flexibility index (Phi) is 5.18. The van der Waals surface area contributed by atoms with Crippen molar-refractivity contribution in [3.8, 4) is 0 Å². The van der Waals surface area contributed by atoms with Crippen molar-refractivity contribution in [2.24, 2.45) is 5.92 Å². The fourth-order valence-electron chi connectivity index (χ4n) is 0.787. The normalized spacial score (nSPS) is 14.0. The van der Waals surface area contributed by atoms with E-state index in [0.29, 0.717) is 5.92 Å². The molecule has 0 aromatic heterocycles. The van der Waals surface area contributed by atoms with Gasteiger partial charge in [-0.25, -0.2) is 0 Å². The van der Waals surface area contributed by atoms with Crippen molar-refractivity contribution in [3.05, 3.63) is 12.2 Å². The highest BCUT2D eigenvalue weighted by Gasteiger charge is 1.91. The van der Waals surface area contributed by atoms with Gasteiger partial charge in [-0.3, -0.25) is 4.79 Å². The SMILES string of the molecule is CCCC(C)C=CC=O. The van der Waals surface area contributed by atoms with Gasteiger partial charge in [-0.2, -0.15) is 0 Å². The Labute approximate surface area is 56.8 Å². The first-order valence-corrected chi connectivity index (χ1v) is 3.43. The van der Waals surface area contributed by atoms with Gasteiger partial charge in [0, 0.05) is 0 Å². The van der Waals surface area contributed by atoms with E-state index in [2.05, 4.69) is 13.8 Å². The number of hydrogen-bond acceptors (Lipinski definition) is 1. The fraction of sp³-hybridized carbons (Fsp3) is 0.625. The zero-order valence-electron chi connectivity index (χ0n) is 6.13. The van der Waals surface area contributed by atoms with Crippen LogP contribution in [0.2, 0.25) is 0 Å². The molecule has 1 atom stereocenters. The van der Waals surface area contributed by atoms with Crippen molar-refractivity contribution in [3.63, 3.8) is 0 Å². The Morgan fingerprint density at radius 1 is 1.56 bits per heavy atom. The average molecular weight is 126 g/mol. The number of rotatable bonds is 4. The number of carbonyl (C=O) groups excluding carboxylic acids is 1. The summed E-state index contributed by atoms with van der Waals surface area (Å²) in [6.45, 7) is 4.26. The predicted octanol–water partition coefficient (Wildman–Crippen LogP) is 2.18. The zero-order chi connectivity index (χ0) is 7.11. The fourth-order valence-corrected chi connectivity index (χ4v) is 0.787. The number of allylic oxidation sites excluding steroid dienone is 2. The van der Waals surface area contributed by atoms with Crippen LogP contribution in [-0.4, -0.2) is 6.29 Å². The molecule has 0 bridgehead atoms. The Balaban J connectivity index is 3.35. The summed E-state index contributed by atoms with van der Waals surface area (Å²) in [6.07, 6.45) is 6.69. The summed E-state index contributed by atoms with van der Waals surface area (Å²) < 4.78 is 0. The molecule has 0 spiro atoms. The van der Waals surface area contributed by atoms with Gasteiger partial charge in [0.25, 0.3) is 0 Å². The maximum Gasteiger partial charge on any atom is 0.142 e. The average Bonchev–Trinajstić information content (AvgIpc) is 1.85. The van der Waals surface area contributed by atoms with Gasteiger partial charge in [-0.1, -0.05) is 26.3 Å². The quantitative estimate of drug-likeness (QED) is 0.417. The minimum atomic E-state index is 0.556. The molecule has 1 heteroatoms. The Hall–Kier alpha value is -0.590. The highest BCUT2D eigenvalue weighted by molar-refractivity contribution is 5.64. The molecule has 0 saturated carbocycles. The molecular weight excluding hydrogens is 112 g/mol. The summed E-state index contributed by atoms with van der Waals surface area (Å²) in [5.41, 5.74) is 0. The lowest BCUT2D eigenvalue weighted by Crippen LogP contribution is -1.86. The van der Waals surface area contributed by atoms with Gasteiger partial charge in [0.05, 0.1) is 0 Å². The predicted molar refractivity (Wildman–Crippen MR) is 39.3 cm³/mol. The molecule has 1 nitrogen and oxygen atoms in total. The molecule has 0 saturated heterocycles. The van der Waals surface area contributed by atoms with Crippen molar-refractivity contribution in [2.45, 2.75) is 26.7 Å². The highest BCUT2D eigenvalue weighted by Crippen LogP contribution is 2.04. The van der Waals surface area contributed by atoms with Gasteiger partial charge in [0.1, 0.15) is 6.29 Å². The second kappa shape index (κ2) is 5.54. The van der Waals surface area contributed by atoms with Crippen molar-refractivity contribution >= 4 is 6.29 Å². The summed E-state index contributed by atoms with van der Waals surface area (Å²) >= 11 is 0. The Morgan fingerprint density at radius 3 is 2.67 bits per heavy atom. The molecule has 0 aliphatic heterocycles. The largest absolute Gasteiger partial charge is 0.299 e. The van der Waals surface area contributed by atoms with Crippen LogP contribution in [0.25, 0.3) is 0 Å². The van der Waals surface area contributed by atoms with E-state index in [1.807, 2.05) is 6.08 Å². The van der Waals surface area contributed by atoms with Crippen LogP contribution in [0, 0.1) is 5.92 Å². The molecule has 9 heavy (non-hydrogen) atoms. The van der Waals surface area contributed by atoms with Gasteiger partial charge in [-0.05, 0) is 18.4 Å². The minimum Gasteiger partial charge on any atom is -0.299 e. The van der Waals surface area contributed by atoms with E-state index < -0.39 is 0 Å². The molecule has 0 aliphatic rings. The van der Waals surface area contributed by atoms with Crippen LogP contribution in [0.3, 0.4) is 0 Å². The highest BCUT2D eigenvalue weighted by atomic mass is 16.1. The van der Waals surface area contributed by atoms with Gasteiger partial charge < -0.3 is 0 Å². The monoisotopic (exact) mass is 126 g/mol. The van der Waals surface area contributed by atoms with Gasteiger partial charge >= 0.3 is 0 Å². The maximum absolute atomic E-state index is 9.83. The second-order valence-corrected chi connectivity index (χ2v) is 2.29. The first kappa shape index (κ1) is 8.41. The van der Waals surface area contributed by atoms with E-state index in [-0.39, 0.29) is 0 Å². The molecular formula is C8H14O. The second-order valence-electron chi connectivity index (χ2n) is 2.29. The summed E-state index contributed by atoms with van der Waals surface area (Å²) in [7, 11) is 0. The molecule has 0 aromatic carbocycles.